The second kappa shape index (κ2) is 3.97. The van der Waals surface area contributed by atoms with Crippen LogP contribution in [0.15, 0.2) is 18.2 Å². The van der Waals surface area contributed by atoms with Crippen molar-refractivity contribution in [2.45, 2.75) is 49.9 Å². The molecule has 3 atom stereocenters. The van der Waals surface area contributed by atoms with Gasteiger partial charge in [0.25, 0.3) is 0 Å². The van der Waals surface area contributed by atoms with E-state index in [0.717, 1.165) is 44.5 Å². The Morgan fingerprint density at radius 3 is 3.16 bits per heavy atom. The van der Waals surface area contributed by atoms with Gasteiger partial charge in [-0.05, 0) is 44.5 Å². The number of hydrogen-bond donors (Lipinski definition) is 1. The highest BCUT2D eigenvalue weighted by Crippen LogP contribution is 2.54. The zero-order chi connectivity index (χ0) is 13.0. The summed E-state index contributed by atoms with van der Waals surface area (Å²) in [6.45, 7) is 2.13. The maximum Gasteiger partial charge on any atom is 0.123 e. The molecule has 102 valence electrons. The quantitative estimate of drug-likeness (QED) is 0.774. The van der Waals surface area contributed by atoms with Gasteiger partial charge in [0, 0.05) is 23.9 Å². The van der Waals surface area contributed by atoms with E-state index in [1.165, 1.54) is 11.1 Å². The third-order valence-corrected chi connectivity index (χ3v) is 5.29. The number of aliphatic hydroxyl groups is 1. The van der Waals surface area contributed by atoms with Crippen molar-refractivity contribution in [1.29, 1.82) is 0 Å². The predicted molar refractivity (Wildman–Crippen MR) is 73.3 cm³/mol. The Kier molecular flexibility index (Phi) is 2.45. The van der Waals surface area contributed by atoms with Crippen LogP contribution in [0, 0.1) is 0 Å². The minimum Gasteiger partial charge on any atom is -0.489 e. The van der Waals surface area contributed by atoms with E-state index in [1.807, 2.05) is 0 Å². The zero-order valence-electron chi connectivity index (χ0n) is 11.4. The van der Waals surface area contributed by atoms with Gasteiger partial charge in [-0.15, -0.1) is 0 Å². The van der Waals surface area contributed by atoms with Crippen molar-refractivity contribution in [3.05, 3.63) is 29.3 Å². The molecule has 2 heterocycles. The monoisotopic (exact) mass is 259 g/mol. The lowest BCUT2D eigenvalue weighted by Gasteiger charge is -2.40. The van der Waals surface area contributed by atoms with Crippen LogP contribution in [0.3, 0.4) is 0 Å². The third-order valence-electron chi connectivity index (χ3n) is 5.29. The number of benzene rings is 1. The molecule has 3 unspecified atom stereocenters. The van der Waals surface area contributed by atoms with E-state index in [4.69, 9.17) is 4.74 Å². The number of hydrogen-bond acceptors (Lipinski definition) is 3. The fraction of sp³-hybridized carbons (Fsp3) is 0.625. The van der Waals surface area contributed by atoms with E-state index >= 15 is 0 Å². The van der Waals surface area contributed by atoms with Gasteiger partial charge in [0.05, 0.1) is 6.10 Å². The van der Waals surface area contributed by atoms with Crippen LogP contribution in [0.2, 0.25) is 0 Å². The van der Waals surface area contributed by atoms with E-state index < -0.39 is 0 Å². The van der Waals surface area contributed by atoms with Gasteiger partial charge in [0.1, 0.15) is 11.9 Å². The smallest absolute Gasteiger partial charge is 0.123 e. The van der Waals surface area contributed by atoms with Crippen molar-refractivity contribution in [2.24, 2.45) is 0 Å². The maximum absolute atomic E-state index is 9.96. The second-order valence-corrected chi connectivity index (χ2v) is 6.47. The molecule has 1 aromatic rings. The molecule has 1 N–H and O–H groups in total. The summed E-state index contributed by atoms with van der Waals surface area (Å²) in [5.74, 6) is 1.08. The summed E-state index contributed by atoms with van der Waals surface area (Å²) < 4.78 is 6.21. The molecule has 19 heavy (non-hydrogen) atoms. The molecule has 1 spiro atoms. The number of nitrogens with zero attached hydrogens (tertiary/aromatic N) is 1. The van der Waals surface area contributed by atoms with Crippen molar-refractivity contribution in [3.8, 4) is 5.75 Å². The van der Waals surface area contributed by atoms with Crippen LogP contribution in [-0.2, 0) is 12.0 Å². The first-order valence-corrected chi connectivity index (χ1v) is 7.35. The predicted octanol–water partition coefficient (Wildman–Crippen LogP) is 2.07. The Balaban J connectivity index is 1.87. The summed E-state index contributed by atoms with van der Waals surface area (Å²) in [5, 5.41) is 9.96. The van der Waals surface area contributed by atoms with Gasteiger partial charge in [-0.25, -0.2) is 0 Å². The summed E-state index contributed by atoms with van der Waals surface area (Å²) in [6, 6.07) is 6.46. The van der Waals surface area contributed by atoms with Gasteiger partial charge in [0.2, 0.25) is 0 Å². The molecule has 0 bridgehead atoms. The van der Waals surface area contributed by atoms with Crippen molar-refractivity contribution < 1.29 is 9.84 Å². The molecule has 0 saturated heterocycles. The average Bonchev–Trinajstić information content (AvgIpc) is 2.63. The Morgan fingerprint density at radius 1 is 1.37 bits per heavy atom. The summed E-state index contributed by atoms with van der Waals surface area (Å²) in [6.07, 6.45) is 3.92. The number of rotatable bonds is 0. The first kappa shape index (κ1) is 11.7. The van der Waals surface area contributed by atoms with Crippen LogP contribution in [0.25, 0.3) is 0 Å². The fourth-order valence-corrected chi connectivity index (χ4v) is 4.32. The van der Waals surface area contributed by atoms with Crippen LogP contribution in [-0.4, -0.2) is 35.8 Å². The van der Waals surface area contributed by atoms with Gasteiger partial charge in [-0.3, -0.25) is 0 Å². The Bertz CT molecular complexity index is 515. The van der Waals surface area contributed by atoms with Crippen molar-refractivity contribution in [2.75, 3.05) is 13.6 Å². The summed E-state index contributed by atoms with van der Waals surface area (Å²) in [5.41, 5.74) is 3.04. The summed E-state index contributed by atoms with van der Waals surface area (Å²) in [4.78, 5) is 2.41. The zero-order valence-corrected chi connectivity index (χ0v) is 11.4. The van der Waals surface area contributed by atoms with E-state index in [9.17, 15) is 5.11 Å². The SMILES string of the molecule is CN1CCC23CCC(O)CC2Oc2cccc(c23)C1. The highest BCUT2D eigenvalue weighted by molar-refractivity contribution is 5.51. The van der Waals surface area contributed by atoms with E-state index in [2.05, 4.69) is 30.1 Å². The molecule has 0 amide bonds. The lowest BCUT2D eigenvalue weighted by molar-refractivity contribution is 0.0126. The normalized spacial score (nSPS) is 37.2. The maximum atomic E-state index is 9.96. The molecule has 3 heteroatoms. The topological polar surface area (TPSA) is 32.7 Å². The molecule has 3 nitrogen and oxygen atoms in total. The van der Waals surface area contributed by atoms with Crippen LogP contribution in [0.5, 0.6) is 5.75 Å². The van der Waals surface area contributed by atoms with Gasteiger partial charge in [-0.1, -0.05) is 12.1 Å². The molecular formula is C16H21NO2. The van der Waals surface area contributed by atoms with Crippen molar-refractivity contribution in [3.63, 3.8) is 0 Å². The summed E-state index contributed by atoms with van der Waals surface area (Å²) in [7, 11) is 2.20. The van der Waals surface area contributed by atoms with Gasteiger partial charge in [0.15, 0.2) is 0 Å². The first-order chi connectivity index (χ1) is 9.19. The molecule has 4 rings (SSSR count). The highest BCUT2D eigenvalue weighted by atomic mass is 16.5. The van der Waals surface area contributed by atoms with Crippen LogP contribution >= 0.6 is 0 Å². The third kappa shape index (κ3) is 1.58. The van der Waals surface area contributed by atoms with Crippen LogP contribution < -0.4 is 4.74 Å². The minimum absolute atomic E-state index is 0.163. The molecule has 1 aromatic carbocycles. The van der Waals surface area contributed by atoms with E-state index in [0.29, 0.717) is 0 Å². The lowest BCUT2D eigenvalue weighted by Crippen LogP contribution is -2.45. The Labute approximate surface area is 114 Å². The number of aliphatic hydroxyl groups excluding tert-OH is 1. The molecule has 1 aliphatic carbocycles. The standard InChI is InChI=1S/C16H21NO2/c1-17-8-7-16-6-5-12(18)9-14(16)19-13-4-2-3-11(10-17)15(13)16/h2-4,12,14,18H,5-10H2,1H3. The lowest BCUT2D eigenvalue weighted by atomic mass is 9.65. The molecule has 2 aliphatic heterocycles. The molecule has 0 aromatic heterocycles. The molecule has 1 saturated carbocycles. The Hall–Kier alpha value is -1.06. The molecule has 1 fully saturated rings. The van der Waals surface area contributed by atoms with Crippen LogP contribution in [0.1, 0.15) is 36.8 Å². The minimum atomic E-state index is -0.186. The van der Waals surface area contributed by atoms with Gasteiger partial charge >= 0.3 is 0 Å². The van der Waals surface area contributed by atoms with Crippen LogP contribution in [0.4, 0.5) is 0 Å². The summed E-state index contributed by atoms with van der Waals surface area (Å²) >= 11 is 0. The highest BCUT2D eigenvalue weighted by Gasteiger charge is 2.53. The van der Waals surface area contributed by atoms with E-state index in [-0.39, 0.29) is 17.6 Å². The van der Waals surface area contributed by atoms with E-state index in [1.54, 1.807) is 0 Å². The molecular weight excluding hydrogens is 238 g/mol. The molecule has 0 radical (unpaired) electrons. The molecule has 3 aliphatic rings. The van der Waals surface area contributed by atoms with Crippen molar-refractivity contribution in [1.82, 2.24) is 4.90 Å². The van der Waals surface area contributed by atoms with Gasteiger partial charge < -0.3 is 14.7 Å². The Morgan fingerprint density at radius 2 is 2.26 bits per heavy atom. The number of ether oxygens (including phenoxy) is 1. The second-order valence-electron chi connectivity index (χ2n) is 6.47. The largest absolute Gasteiger partial charge is 0.489 e. The first-order valence-electron chi connectivity index (χ1n) is 7.35. The fourth-order valence-electron chi connectivity index (χ4n) is 4.32. The average molecular weight is 259 g/mol. The van der Waals surface area contributed by atoms with Crippen molar-refractivity contribution >= 4 is 0 Å². The van der Waals surface area contributed by atoms with Gasteiger partial charge in [-0.2, -0.15) is 0 Å².